The standard InChI is InChI=1S/C14H18F4N2O2/c15-12-2-1-11(14(16,17)18)5-10(12)6-20-8-13(21)7-19-3-4-22-9-13/h1-2,5,19-21H,3-4,6-9H2/t13-/m1/s1. The number of hydrogen-bond donors (Lipinski definition) is 3. The van der Waals surface area contributed by atoms with Gasteiger partial charge < -0.3 is 20.5 Å². The summed E-state index contributed by atoms with van der Waals surface area (Å²) in [6, 6.07) is 2.27. The van der Waals surface area contributed by atoms with Crippen LogP contribution in [0, 0.1) is 5.82 Å². The molecule has 0 saturated carbocycles. The van der Waals surface area contributed by atoms with Gasteiger partial charge in [0.1, 0.15) is 11.4 Å². The van der Waals surface area contributed by atoms with E-state index in [1.165, 1.54) is 0 Å². The summed E-state index contributed by atoms with van der Waals surface area (Å²) >= 11 is 0. The van der Waals surface area contributed by atoms with Crippen molar-refractivity contribution in [1.82, 2.24) is 10.6 Å². The smallest absolute Gasteiger partial charge is 0.385 e. The summed E-state index contributed by atoms with van der Waals surface area (Å²) in [5.41, 5.74) is -2.17. The van der Waals surface area contributed by atoms with Crippen molar-refractivity contribution < 1.29 is 27.4 Å². The number of benzene rings is 1. The predicted octanol–water partition coefficient (Wildman–Crippen LogP) is 1.28. The normalized spacial score (nSPS) is 23.3. The number of hydrogen-bond acceptors (Lipinski definition) is 4. The molecular weight excluding hydrogens is 304 g/mol. The Kier molecular flexibility index (Phi) is 5.38. The zero-order valence-electron chi connectivity index (χ0n) is 11.8. The third kappa shape index (κ3) is 4.64. The van der Waals surface area contributed by atoms with Crippen molar-refractivity contribution in [2.24, 2.45) is 0 Å². The van der Waals surface area contributed by atoms with E-state index >= 15 is 0 Å². The van der Waals surface area contributed by atoms with Crippen LogP contribution in [0.4, 0.5) is 17.6 Å². The molecule has 0 unspecified atom stereocenters. The van der Waals surface area contributed by atoms with Gasteiger partial charge in [0.2, 0.25) is 0 Å². The van der Waals surface area contributed by atoms with Gasteiger partial charge >= 0.3 is 6.18 Å². The van der Waals surface area contributed by atoms with Crippen molar-refractivity contribution in [2.45, 2.75) is 18.3 Å². The molecule has 1 fully saturated rings. The maximum atomic E-state index is 13.6. The van der Waals surface area contributed by atoms with Gasteiger partial charge in [-0.2, -0.15) is 13.2 Å². The van der Waals surface area contributed by atoms with E-state index in [0.717, 1.165) is 12.1 Å². The van der Waals surface area contributed by atoms with Crippen molar-refractivity contribution in [3.63, 3.8) is 0 Å². The molecule has 0 amide bonds. The van der Waals surface area contributed by atoms with Crippen LogP contribution in [-0.2, 0) is 17.5 Å². The fourth-order valence-corrected chi connectivity index (χ4v) is 2.21. The fraction of sp³-hybridized carbons (Fsp3) is 0.571. The van der Waals surface area contributed by atoms with Gasteiger partial charge in [0.05, 0.1) is 18.8 Å². The van der Waals surface area contributed by atoms with Crippen molar-refractivity contribution in [3.05, 3.63) is 35.1 Å². The molecule has 4 nitrogen and oxygen atoms in total. The fourth-order valence-electron chi connectivity index (χ4n) is 2.21. The molecule has 2 rings (SSSR count). The van der Waals surface area contributed by atoms with Crippen LogP contribution in [0.15, 0.2) is 18.2 Å². The summed E-state index contributed by atoms with van der Waals surface area (Å²) in [4.78, 5) is 0. The maximum Gasteiger partial charge on any atom is 0.416 e. The topological polar surface area (TPSA) is 53.5 Å². The quantitative estimate of drug-likeness (QED) is 0.731. The Morgan fingerprint density at radius 3 is 2.86 bits per heavy atom. The molecule has 0 spiro atoms. The highest BCUT2D eigenvalue weighted by Crippen LogP contribution is 2.30. The van der Waals surface area contributed by atoms with Gasteiger partial charge in [0.25, 0.3) is 0 Å². The molecule has 1 atom stereocenters. The number of ether oxygens (including phenoxy) is 1. The highest BCUT2D eigenvalue weighted by atomic mass is 19.4. The Morgan fingerprint density at radius 1 is 1.36 bits per heavy atom. The van der Waals surface area contributed by atoms with Crippen LogP contribution in [-0.4, -0.2) is 43.6 Å². The minimum Gasteiger partial charge on any atom is -0.385 e. The van der Waals surface area contributed by atoms with Crippen LogP contribution in [0.3, 0.4) is 0 Å². The lowest BCUT2D eigenvalue weighted by molar-refractivity contribution is -0.137. The van der Waals surface area contributed by atoms with E-state index in [1.807, 2.05) is 0 Å². The largest absolute Gasteiger partial charge is 0.416 e. The second-order valence-corrected chi connectivity index (χ2v) is 5.36. The first-order valence-electron chi connectivity index (χ1n) is 6.87. The van der Waals surface area contributed by atoms with E-state index in [4.69, 9.17) is 4.74 Å². The van der Waals surface area contributed by atoms with Crippen LogP contribution >= 0.6 is 0 Å². The van der Waals surface area contributed by atoms with E-state index in [9.17, 15) is 22.7 Å². The van der Waals surface area contributed by atoms with Gasteiger partial charge in [0, 0.05) is 31.7 Å². The number of nitrogens with one attached hydrogen (secondary N) is 2. The average Bonchev–Trinajstić information content (AvgIpc) is 2.65. The van der Waals surface area contributed by atoms with Gasteiger partial charge in [-0.25, -0.2) is 4.39 Å². The Morgan fingerprint density at radius 2 is 2.14 bits per heavy atom. The number of aliphatic hydroxyl groups is 1. The van der Waals surface area contributed by atoms with Gasteiger partial charge in [0.15, 0.2) is 0 Å². The van der Waals surface area contributed by atoms with E-state index in [-0.39, 0.29) is 25.3 Å². The highest BCUT2D eigenvalue weighted by molar-refractivity contribution is 5.27. The zero-order chi connectivity index (χ0) is 16.2. The van der Waals surface area contributed by atoms with Gasteiger partial charge in [-0.05, 0) is 18.2 Å². The second-order valence-electron chi connectivity index (χ2n) is 5.36. The highest BCUT2D eigenvalue weighted by Gasteiger charge is 2.31. The summed E-state index contributed by atoms with van der Waals surface area (Å²) < 4.78 is 56.6. The summed E-state index contributed by atoms with van der Waals surface area (Å²) in [7, 11) is 0. The first-order valence-corrected chi connectivity index (χ1v) is 6.87. The van der Waals surface area contributed by atoms with Crippen LogP contribution in [0.5, 0.6) is 0 Å². The molecule has 1 aliphatic heterocycles. The van der Waals surface area contributed by atoms with E-state index in [2.05, 4.69) is 10.6 Å². The van der Waals surface area contributed by atoms with E-state index < -0.39 is 23.2 Å². The number of rotatable bonds is 4. The van der Waals surface area contributed by atoms with Crippen molar-refractivity contribution >= 4 is 0 Å². The molecule has 0 aliphatic carbocycles. The SMILES string of the molecule is O[C@@]1(CNCc2cc(C(F)(F)F)ccc2F)CNCCOC1. The summed E-state index contributed by atoms with van der Waals surface area (Å²) in [5.74, 6) is -0.720. The third-order valence-electron chi connectivity index (χ3n) is 3.39. The summed E-state index contributed by atoms with van der Waals surface area (Å²) in [6.45, 7) is 1.46. The Hall–Kier alpha value is -1.22. The Labute approximate surface area is 125 Å². The first-order chi connectivity index (χ1) is 10.3. The van der Waals surface area contributed by atoms with E-state index in [1.54, 1.807) is 0 Å². The average molecular weight is 322 g/mol. The number of halogens is 4. The maximum absolute atomic E-state index is 13.6. The molecule has 0 aromatic heterocycles. The van der Waals surface area contributed by atoms with E-state index in [0.29, 0.717) is 25.8 Å². The lowest BCUT2D eigenvalue weighted by atomic mass is 10.1. The monoisotopic (exact) mass is 322 g/mol. The second kappa shape index (κ2) is 6.91. The lowest BCUT2D eigenvalue weighted by Crippen LogP contribution is -2.50. The number of alkyl halides is 3. The van der Waals surface area contributed by atoms with Gasteiger partial charge in [-0.3, -0.25) is 0 Å². The molecule has 1 saturated heterocycles. The molecule has 8 heteroatoms. The molecule has 1 aromatic carbocycles. The van der Waals surface area contributed by atoms with Crippen LogP contribution < -0.4 is 10.6 Å². The molecule has 1 aliphatic rings. The van der Waals surface area contributed by atoms with Gasteiger partial charge in [-0.15, -0.1) is 0 Å². The molecule has 3 N–H and O–H groups in total. The zero-order valence-corrected chi connectivity index (χ0v) is 11.8. The van der Waals surface area contributed by atoms with Gasteiger partial charge in [-0.1, -0.05) is 0 Å². The lowest BCUT2D eigenvalue weighted by Gasteiger charge is -2.26. The van der Waals surface area contributed by atoms with Crippen molar-refractivity contribution in [3.8, 4) is 0 Å². The molecular formula is C14H18F4N2O2. The molecule has 1 aromatic rings. The summed E-state index contributed by atoms with van der Waals surface area (Å²) in [5, 5.41) is 16.0. The molecule has 0 radical (unpaired) electrons. The van der Waals surface area contributed by atoms with Crippen molar-refractivity contribution in [2.75, 3.05) is 32.8 Å². The first kappa shape index (κ1) is 17.1. The molecule has 22 heavy (non-hydrogen) atoms. The molecule has 1 heterocycles. The Balaban J connectivity index is 1.96. The minimum absolute atomic E-state index is 0.0791. The third-order valence-corrected chi connectivity index (χ3v) is 3.39. The van der Waals surface area contributed by atoms with Crippen LogP contribution in [0.1, 0.15) is 11.1 Å². The molecule has 124 valence electrons. The Bertz CT molecular complexity index is 500. The minimum atomic E-state index is -4.51. The van der Waals surface area contributed by atoms with Crippen LogP contribution in [0.2, 0.25) is 0 Å². The predicted molar refractivity (Wildman–Crippen MR) is 71.7 cm³/mol. The molecule has 0 bridgehead atoms. The number of β-amino-alcohol motifs (C(OH)–C–C–N with tert-alkyl or cyclic N) is 1. The van der Waals surface area contributed by atoms with Crippen molar-refractivity contribution in [1.29, 1.82) is 0 Å². The summed E-state index contributed by atoms with van der Waals surface area (Å²) in [6.07, 6.45) is -4.51. The van der Waals surface area contributed by atoms with Crippen LogP contribution in [0.25, 0.3) is 0 Å².